The molecular weight excluding hydrogens is 162 g/mol. The van der Waals surface area contributed by atoms with Crippen molar-refractivity contribution >= 4 is 0 Å². The summed E-state index contributed by atoms with van der Waals surface area (Å²) in [5.74, 6) is 0.507. The van der Waals surface area contributed by atoms with Crippen molar-refractivity contribution in [1.29, 1.82) is 0 Å². The fraction of sp³-hybridized carbons (Fsp3) is 0.818. The van der Waals surface area contributed by atoms with Crippen LogP contribution in [0.3, 0.4) is 0 Å². The lowest BCUT2D eigenvalue weighted by Gasteiger charge is -2.21. The molecule has 0 aromatic rings. The molecule has 1 heterocycles. The molecule has 0 bridgehead atoms. The summed E-state index contributed by atoms with van der Waals surface area (Å²) in [6.45, 7) is 5.72. The minimum atomic E-state index is 0.354. The van der Waals surface area contributed by atoms with Crippen molar-refractivity contribution in [2.75, 3.05) is 26.2 Å². The molecule has 0 aliphatic carbocycles. The van der Waals surface area contributed by atoms with Crippen LogP contribution >= 0.6 is 0 Å². The van der Waals surface area contributed by atoms with E-state index < -0.39 is 0 Å². The first-order valence-corrected chi connectivity index (χ1v) is 5.31. The Morgan fingerprint density at radius 1 is 1.46 bits per heavy atom. The van der Waals surface area contributed by atoms with Crippen LogP contribution in [0.25, 0.3) is 0 Å². The van der Waals surface area contributed by atoms with Crippen LogP contribution in [0.4, 0.5) is 0 Å². The second kappa shape index (κ2) is 6.17. The molecule has 1 unspecified atom stereocenters. The highest BCUT2D eigenvalue weighted by atomic mass is 16.3. The molecular formula is C11H21NO. The number of aliphatic hydroxyl groups is 1. The number of allylic oxidation sites excluding steroid dienone is 1. The van der Waals surface area contributed by atoms with Crippen molar-refractivity contribution in [2.45, 2.75) is 26.2 Å². The van der Waals surface area contributed by atoms with Crippen LogP contribution in [-0.2, 0) is 0 Å². The number of nitrogens with zero attached hydrogens (tertiary/aromatic N) is 1. The number of aliphatic hydroxyl groups excluding tert-OH is 1. The van der Waals surface area contributed by atoms with Gasteiger partial charge in [0.05, 0.1) is 0 Å². The van der Waals surface area contributed by atoms with Crippen LogP contribution in [0.5, 0.6) is 0 Å². The topological polar surface area (TPSA) is 23.5 Å². The molecule has 1 atom stereocenters. The predicted molar refractivity (Wildman–Crippen MR) is 55.7 cm³/mol. The van der Waals surface area contributed by atoms with E-state index in [9.17, 15) is 0 Å². The summed E-state index contributed by atoms with van der Waals surface area (Å²) in [5.41, 5.74) is 0. The van der Waals surface area contributed by atoms with Gasteiger partial charge in [-0.3, -0.25) is 4.90 Å². The lowest BCUT2D eigenvalue weighted by atomic mass is 10.1. The maximum Gasteiger partial charge on any atom is 0.0471 e. The lowest BCUT2D eigenvalue weighted by Crippen LogP contribution is -2.29. The molecule has 1 aliphatic rings. The highest BCUT2D eigenvalue weighted by Crippen LogP contribution is 2.15. The van der Waals surface area contributed by atoms with Crippen LogP contribution in [0.15, 0.2) is 12.2 Å². The van der Waals surface area contributed by atoms with E-state index in [-0.39, 0.29) is 0 Å². The molecule has 1 aliphatic heterocycles. The smallest absolute Gasteiger partial charge is 0.0471 e. The largest absolute Gasteiger partial charge is 0.396 e. The van der Waals surface area contributed by atoms with E-state index in [0.29, 0.717) is 12.5 Å². The number of likely N-dealkylation sites (tertiary alicyclic amines) is 1. The summed E-state index contributed by atoms with van der Waals surface area (Å²) in [7, 11) is 0. The van der Waals surface area contributed by atoms with Crippen LogP contribution < -0.4 is 0 Å². The van der Waals surface area contributed by atoms with E-state index >= 15 is 0 Å². The van der Waals surface area contributed by atoms with E-state index in [2.05, 4.69) is 24.0 Å². The number of rotatable bonds is 3. The Hall–Kier alpha value is -0.340. The zero-order valence-electron chi connectivity index (χ0n) is 8.58. The molecule has 2 heteroatoms. The van der Waals surface area contributed by atoms with E-state index in [1.807, 2.05) is 0 Å². The third-order valence-corrected chi connectivity index (χ3v) is 2.71. The van der Waals surface area contributed by atoms with Gasteiger partial charge < -0.3 is 5.11 Å². The van der Waals surface area contributed by atoms with Gasteiger partial charge in [0.1, 0.15) is 0 Å². The summed E-state index contributed by atoms with van der Waals surface area (Å²) in [6, 6.07) is 0. The molecule has 0 aromatic carbocycles. The molecule has 0 spiro atoms. The zero-order valence-corrected chi connectivity index (χ0v) is 8.58. The average Bonchev–Trinajstić information content (AvgIpc) is 2.39. The van der Waals surface area contributed by atoms with Gasteiger partial charge in [-0.25, -0.2) is 0 Å². The SMILES string of the molecule is C/C=C/CN1CCCCC(CO)C1. The number of hydrogen-bond donors (Lipinski definition) is 1. The number of hydrogen-bond acceptors (Lipinski definition) is 2. The van der Waals surface area contributed by atoms with Crippen molar-refractivity contribution in [3.05, 3.63) is 12.2 Å². The maximum atomic E-state index is 9.11. The molecule has 0 aromatic heterocycles. The van der Waals surface area contributed by atoms with Crippen molar-refractivity contribution < 1.29 is 5.11 Å². The van der Waals surface area contributed by atoms with Gasteiger partial charge in [0.2, 0.25) is 0 Å². The van der Waals surface area contributed by atoms with Gasteiger partial charge in [-0.2, -0.15) is 0 Å². The molecule has 1 rings (SSSR count). The van der Waals surface area contributed by atoms with Gasteiger partial charge in [-0.05, 0) is 32.2 Å². The van der Waals surface area contributed by atoms with Crippen molar-refractivity contribution in [3.63, 3.8) is 0 Å². The summed E-state index contributed by atoms with van der Waals surface area (Å²) >= 11 is 0. The van der Waals surface area contributed by atoms with Crippen molar-refractivity contribution in [1.82, 2.24) is 4.90 Å². The standard InChI is InChI=1S/C11H21NO/c1-2-3-7-12-8-5-4-6-11(9-12)10-13/h2-3,11,13H,4-10H2,1H3/b3-2+. The summed E-state index contributed by atoms with van der Waals surface area (Å²) in [4.78, 5) is 2.44. The normalized spacial score (nSPS) is 26.5. The second-order valence-corrected chi connectivity index (χ2v) is 3.87. The van der Waals surface area contributed by atoms with Crippen LogP contribution in [0.1, 0.15) is 26.2 Å². The quantitative estimate of drug-likeness (QED) is 0.673. The minimum absolute atomic E-state index is 0.354. The van der Waals surface area contributed by atoms with Gasteiger partial charge in [-0.1, -0.05) is 18.6 Å². The van der Waals surface area contributed by atoms with Gasteiger partial charge >= 0.3 is 0 Å². The third kappa shape index (κ3) is 3.92. The van der Waals surface area contributed by atoms with Gasteiger partial charge in [0.15, 0.2) is 0 Å². The summed E-state index contributed by atoms with van der Waals surface area (Å²) < 4.78 is 0. The zero-order chi connectivity index (χ0) is 9.52. The molecule has 0 amide bonds. The Bertz CT molecular complexity index is 156. The van der Waals surface area contributed by atoms with Crippen LogP contribution in [-0.4, -0.2) is 36.2 Å². The van der Waals surface area contributed by atoms with Crippen molar-refractivity contribution in [3.8, 4) is 0 Å². The van der Waals surface area contributed by atoms with Gasteiger partial charge in [0.25, 0.3) is 0 Å². The first kappa shape index (κ1) is 10.7. The van der Waals surface area contributed by atoms with Crippen molar-refractivity contribution in [2.24, 2.45) is 5.92 Å². The highest BCUT2D eigenvalue weighted by Gasteiger charge is 2.15. The molecule has 0 radical (unpaired) electrons. The highest BCUT2D eigenvalue weighted by molar-refractivity contribution is 4.83. The summed E-state index contributed by atoms with van der Waals surface area (Å²) in [6.07, 6.45) is 8.05. The molecule has 76 valence electrons. The Labute approximate surface area is 81.2 Å². The van der Waals surface area contributed by atoms with Gasteiger partial charge in [-0.15, -0.1) is 0 Å². The van der Waals surface area contributed by atoms with Crippen LogP contribution in [0, 0.1) is 5.92 Å². The molecule has 1 N–H and O–H groups in total. The molecule has 13 heavy (non-hydrogen) atoms. The van der Waals surface area contributed by atoms with Crippen LogP contribution in [0.2, 0.25) is 0 Å². The minimum Gasteiger partial charge on any atom is -0.396 e. The first-order valence-electron chi connectivity index (χ1n) is 5.31. The molecule has 2 nitrogen and oxygen atoms in total. The Morgan fingerprint density at radius 3 is 3.00 bits per heavy atom. The predicted octanol–water partition coefficient (Wildman–Crippen LogP) is 1.66. The fourth-order valence-electron chi connectivity index (χ4n) is 1.89. The first-order chi connectivity index (χ1) is 6.36. The Morgan fingerprint density at radius 2 is 2.31 bits per heavy atom. The fourth-order valence-corrected chi connectivity index (χ4v) is 1.89. The lowest BCUT2D eigenvalue weighted by molar-refractivity contribution is 0.180. The van der Waals surface area contributed by atoms with E-state index in [0.717, 1.165) is 13.1 Å². The Kier molecular flexibility index (Phi) is 5.09. The van der Waals surface area contributed by atoms with Gasteiger partial charge in [0, 0.05) is 19.7 Å². The van der Waals surface area contributed by atoms with E-state index in [1.54, 1.807) is 0 Å². The summed E-state index contributed by atoms with van der Waals surface area (Å²) in [5, 5.41) is 9.11. The average molecular weight is 183 g/mol. The second-order valence-electron chi connectivity index (χ2n) is 3.87. The molecule has 0 saturated carbocycles. The van der Waals surface area contributed by atoms with E-state index in [4.69, 9.17) is 5.11 Å². The molecule has 1 fully saturated rings. The molecule has 1 saturated heterocycles. The third-order valence-electron chi connectivity index (χ3n) is 2.71. The monoisotopic (exact) mass is 183 g/mol. The maximum absolute atomic E-state index is 9.11. The Balaban J connectivity index is 2.34. The van der Waals surface area contributed by atoms with E-state index in [1.165, 1.54) is 25.8 Å².